The average molecular weight is 342 g/mol. The van der Waals surface area contributed by atoms with Crippen molar-refractivity contribution in [3.05, 3.63) is 5.53 Å². The van der Waals surface area contributed by atoms with Crippen LogP contribution >= 0.6 is 0 Å². The summed E-state index contributed by atoms with van der Waals surface area (Å²) >= 11 is 0. The van der Waals surface area contributed by atoms with E-state index >= 15 is 0 Å². The summed E-state index contributed by atoms with van der Waals surface area (Å²) in [5.74, 6) is -10.4. The highest BCUT2D eigenvalue weighted by atomic mass is 19.4. The van der Waals surface area contributed by atoms with Crippen LogP contribution in [-0.2, 0) is 0 Å². The van der Waals surface area contributed by atoms with Gasteiger partial charge in [-0.25, -0.2) is 0 Å². The standard InChI is InChI=1S/C7H2F12N2/c8-4(9,10)2(5(11,12)13)1(21-20)3(6(14,15)16)7(17,18)19/h2-3H. The quantitative estimate of drug-likeness (QED) is 0.313. The number of halogens is 12. The van der Waals surface area contributed by atoms with Gasteiger partial charge in [-0.1, -0.05) is 0 Å². The summed E-state index contributed by atoms with van der Waals surface area (Å²) in [7, 11) is 0. The van der Waals surface area contributed by atoms with Crippen molar-refractivity contribution in [1.82, 2.24) is 0 Å². The zero-order valence-corrected chi connectivity index (χ0v) is 9.08. The lowest BCUT2D eigenvalue weighted by molar-refractivity contribution is -0.292. The molecule has 0 saturated carbocycles. The van der Waals surface area contributed by atoms with Crippen LogP contribution in [0.1, 0.15) is 0 Å². The molecule has 0 heterocycles. The molecule has 0 atom stereocenters. The Morgan fingerprint density at radius 1 is 0.571 bits per heavy atom. The van der Waals surface area contributed by atoms with E-state index in [4.69, 9.17) is 5.53 Å². The number of nitrogens with zero attached hydrogens (tertiary/aromatic N) is 2. The minimum Gasteiger partial charge on any atom is -0.362 e. The monoisotopic (exact) mass is 342 g/mol. The molecule has 0 aliphatic carbocycles. The molecule has 0 rings (SSSR count). The second-order valence-electron chi connectivity index (χ2n) is 3.56. The van der Waals surface area contributed by atoms with Gasteiger partial charge in [0.25, 0.3) is 0 Å². The zero-order valence-electron chi connectivity index (χ0n) is 9.08. The van der Waals surface area contributed by atoms with Gasteiger partial charge in [0.15, 0.2) is 0 Å². The van der Waals surface area contributed by atoms with Crippen LogP contribution in [0.4, 0.5) is 52.7 Å². The van der Waals surface area contributed by atoms with Gasteiger partial charge in [-0.05, 0) is 0 Å². The number of alkyl halides is 12. The van der Waals surface area contributed by atoms with E-state index < -0.39 is 42.3 Å². The van der Waals surface area contributed by atoms with Crippen molar-refractivity contribution in [1.29, 1.82) is 0 Å². The SMILES string of the molecule is [N-]=[N+]=C(C(C(F)(F)F)C(F)(F)F)C(C(F)(F)F)C(F)(F)F. The highest BCUT2D eigenvalue weighted by Gasteiger charge is 2.73. The molecule has 0 fully saturated rings. The molecule has 0 bridgehead atoms. The van der Waals surface area contributed by atoms with E-state index in [0.29, 0.717) is 0 Å². The highest BCUT2D eigenvalue weighted by Crippen LogP contribution is 2.47. The summed E-state index contributed by atoms with van der Waals surface area (Å²) in [6.07, 6.45) is -26.3. The fraction of sp³-hybridized carbons (Fsp3) is 0.857. The fourth-order valence-corrected chi connectivity index (χ4v) is 1.32. The molecular weight excluding hydrogens is 340 g/mol. The second-order valence-corrected chi connectivity index (χ2v) is 3.56. The molecule has 0 amide bonds. The Bertz CT molecular complexity index is 355. The summed E-state index contributed by atoms with van der Waals surface area (Å²) in [4.78, 5) is 0.991. The third-order valence-corrected chi connectivity index (χ3v) is 2.02. The van der Waals surface area contributed by atoms with Crippen LogP contribution in [0.15, 0.2) is 0 Å². The molecule has 0 aliphatic rings. The van der Waals surface area contributed by atoms with Gasteiger partial charge in [0.1, 0.15) is 0 Å². The summed E-state index contributed by atoms with van der Waals surface area (Å²) < 4.78 is 146. The lowest BCUT2D eigenvalue weighted by Crippen LogP contribution is -2.53. The largest absolute Gasteiger partial charge is 0.411 e. The first-order valence-corrected chi connectivity index (χ1v) is 4.42. The fourth-order valence-electron chi connectivity index (χ4n) is 1.32. The molecule has 0 aromatic heterocycles. The molecule has 124 valence electrons. The number of hydrogen-bond acceptors (Lipinski definition) is 0. The van der Waals surface area contributed by atoms with Crippen LogP contribution < -0.4 is 0 Å². The molecule has 0 saturated heterocycles. The van der Waals surface area contributed by atoms with Crippen LogP contribution in [0.5, 0.6) is 0 Å². The van der Waals surface area contributed by atoms with Crippen molar-refractivity contribution < 1.29 is 57.5 Å². The molecule has 0 radical (unpaired) electrons. The van der Waals surface area contributed by atoms with Crippen LogP contribution in [0.3, 0.4) is 0 Å². The van der Waals surface area contributed by atoms with E-state index in [0.717, 1.165) is 4.79 Å². The molecule has 0 unspecified atom stereocenters. The highest BCUT2D eigenvalue weighted by molar-refractivity contribution is 5.86. The zero-order chi connectivity index (χ0) is 17.4. The third-order valence-electron chi connectivity index (χ3n) is 2.02. The van der Waals surface area contributed by atoms with Gasteiger partial charge in [0.05, 0.1) is 0 Å². The van der Waals surface area contributed by atoms with Crippen molar-refractivity contribution in [2.75, 3.05) is 0 Å². The van der Waals surface area contributed by atoms with Gasteiger partial charge in [0.2, 0.25) is 11.8 Å². The Balaban J connectivity index is 6.26. The Labute approximate surface area is 106 Å². The summed E-state index contributed by atoms with van der Waals surface area (Å²) in [6, 6.07) is 0. The van der Waals surface area contributed by atoms with Gasteiger partial charge < -0.3 is 5.53 Å². The maximum Gasteiger partial charge on any atom is 0.411 e. The molecule has 0 aromatic carbocycles. The normalized spacial score (nSPS) is 14.6. The maximum absolute atomic E-state index is 12.1. The predicted molar refractivity (Wildman–Crippen MR) is 39.8 cm³/mol. The van der Waals surface area contributed by atoms with Crippen LogP contribution in [0, 0.1) is 11.8 Å². The van der Waals surface area contributed by atoms with Crippen LogP contribution in [0.25, 0.3) is 5.53 Å². The molecule has 14 heteroatoms. The Hall–Kier alpha value is -1.46. The third kappa shape index (κ3) is 4.79. The van der Waals surface area contributed by atoms with Gasteiger partial charge in [-0.2, -0.15) is 57.5 Å². The van der Waals surface area contributed by atoms with Crippen LogP contribution in [-0.4, -0.2) is 35.2 Å². The van der Waals surface area contributed by atoms with Crippen molar-refractivity contribution in [3.8, 4) is 0 Å². The molecule has 0 aliphatic heterocycles. The van der Waals surface area contributed by atoms with E-state index in [1.54, 1.807) is 0 Å². The lowest BCUT2D eigenvalue weighted by Gasteiger charge is -2.25. The Kier molecular flexibility index (Phi) is 5.01. The van der Waals surface area contributed by atoms with E-state index in [1.165, 1.54) is 0 Å². The maximum atomic E-state index is 12.1. The van der Waals surface area contributed by atoms with E-state index in [2.05, 4.69) is 0 Å². The van der Waals surface area contributed by atoms with Crippen molar-refractivity contribution >= 4 is 5.71 Å². The second kappa shape index (κ2) is 5.39. The van der Waals surface area contributed by atoms with Gasteiger partial charge in [-0.15, -0.1) is 0 Å². The summed E-state index contributed by atoms with van der Waals surface area (Å²) in [5, 5.41) is 0. The topological polar surface area (TPSA) is 36.4 Å². The first-order chi connectivity index (χ1) is 8.94. The smallest absolute Gasteiger partial charge is 0.362 e. The van der Waals surface area contributed by atoms with Gasteiger partial charge in [-0.3, -0.25) is 0 Å². The molecule has 0 spiro atoms. The first-order valence-electron chi connectivity index (χ1n) is 4.42. The Morgan fingerprint density at radius 2 is 0.762 bits per heavy atom. The molecule has 2 nitrogen and oxygen atoms in total. The number of hydrogen-bond donors (Lipinski definition) is 0. The van der Waals surface area contributed by atoms with E-state index in [9.17, 15) is 52.7 Å². The first kappa shape index (κ1) is 19.5. The Morgan fingerprint density at radius 3 is 0.857 bits per heavy atom. The van der Waals surface area contributed by atoms with E-state index in [-0.39, 0.29) is 0 Å². The average Bonchev–Trinajstić information content (AvgIpc) is 2.06. The van der Waals surface area contributed by atoms with Gasteiger partial charge >= 0.3 is 30.4 Å². The van der Waals surface area contributed by atoms with Crippen molar-refractivity contribution in [3.63, 3.8) is 0 Å². The minimum atomic E-state index is -6.57. The number of rotatable bonds is 2. The predicted octanol–water partition coefficient (Wildman–Crippen LogP) is 4.14. The summed E-state index contributed by atoms with van der Waals surface area (Å²) in [6.45, 7) is 0. The van der Waals surface area contributed by atoms with Crippen molar-refractivity contribution in [2.24, 2.45) is 11.8 Å². The minimum absolute atomic E-state index is 0.991. The van der Waals surface area contributed by atoms with Crippen LogP contribution in [0.2, 0.25) is 0 Å². The molecule has 0 aromatic rings. The lowest BCUT2D eigenvalue weighted by atomic mass is 9.89. The summed E-state index contributed by atoms with van der Waals surface area (Å²) in [5.41, 5.74) is 4.36. The molecular formula is C7H2F12N2. The molecule has 21 heavy (non-hydrogen) atoms. The van der Waals surface area contributed by atoms with E-state index in [1.807, 2.05) is 0 Å². The molecule has 0 N–H and O–H groups in total. The van der Waals surface area contributed by atoms with Crippen molar-refractivity contribution in [2.45, 2.75) is 24.7 Å². The van der Waals surface area contributed by atoms with Gasteiger partial charge in [0, 0.05) is 0 Å².